The lowest BCUT2D eigenvalue weighted by Crippen LogP contribution is -2.49. The number of carboxylic acids is 1. The molecule has 0 aromatic heterocycles. The van der Waals surface area contributed by atoms with E-state index in [1.807, 2.05) is 0 Å². The van der Waals surface area contributed by atoms with Gasteiger partial charge in [-0.2, -0.15) is 0 Å². The van der Waals surface area contributed by atoms with Gasteiger partial charge in [-0.1, -0.05) is 6.92 Å². The summed E-state index contributed by atoms with van der Waals surface area (Å²) < 4.78 is 5.41. The molecule has 2 N–H and O–H groups in total. The van der Waals surface area contributed by atoms with Crippen LogP contribution in [-0.4, -0.2) is 36.9 Å². The minimum atomic E-state index is -0.752. The van der Waals surface area contributed by atoms with Crippen molar-refractivity contribution in [3.8, 4) is 0 Å². The zero-order chi connectivity index (χ0) is 10.6. The number of ether oxygens (including phenoxy) is 1. The molecule has 1 saturated carbocycles. The van der Waals surface area contributed by atoms with Gasteiger partial charge in [-0.15, -0.1) is 0 Å². The molecular weight excluding hydrogens is 182 g/mol. The Hall–Kier alpha value is -0.610. The third-order valence-corrected chi connectivity index (χ3v) is 3.02. The molecule has 0 aliphatic heterocycles. The van der Waals surface area contributed by atoms with Gasteiger partial charge in [0.15, 0.2) is 0 Å². The van der Waals surface area contributed by atoms with Crippen molar-refractivity contribution in [3.63, 3.8) is 0 Å². The average molecular weight is 201 g/mol. The highest BCUT2D eigenvalue weighted by Gasteiger charge is 2.36. The van der Waals surface area contributed by atoms with Crippen molar-refractivity contribution in [1.29, 1.82) is 0 Å². The summed E-state index contributed by atoms with van der Waals surface area (Å²) in [6.45, 7) is 2.98. The first-order valence-corrected chi connectivity index (χ1v) is 5.08. The maximum Gasteiger partial charge on any atom is 0.307 e. The van der Waals surface area contributed by atoms with E-state index in [1.165, 1.54) is 6.42 Å². The first kappa shape index (κ1) is 11.5. The van der Waals surface area contributed by atoms with Crippen molar-refractivity contribution in [2.45, 2.75) is 31.8 Å². The lowest BCUT2D eigenvalue weighted by molar-refractivity contribution is -0.141. The van der Waals surface area contributed by atoms with E-state index < -0.39 is 5.97 Å². The molecule has 4 heteroatoms. The minimum Gasteiger partial charge on any atom is -0.481 e. The fraction of sp³-hybridized carbons (Fsp3) is 0.900. The van der Waals surface area contributed by atoms with Crippen molar-refractivity contribution in [1.82, 2.24) is 5.32 Å². The van der Waals surface area contributed by atoms with Crippen LogP contribution >= 0.6 is 0 Å². The molecule has 1 unspecified atom stereocenters. The van der Waals surface area contributed by atoms with Crippen LogP contribution in [0.1, 0.15) is 26.2 Å². The zero-order valence-electron chi connectivity index (χ0n) is 8.88. The quantitative estimate of drug-likeness (QED) is 0.669. The second-order valence-corrected chi connectivity index (χ2v) is 4.11. The van der Waals surface area contributed by atoms with Crippen LogP contribution in [0.15, 0.2) is 0 Å². The molecule has 1 fully saturated rings. The van der Waals surface area contributed by atoms with Crippen LogP contribution < -0.4 is 5.32 Å². The van der Waals surface area contributed by atoms with Crippen molar-refractivity contribution in [2.75, 3.05) is 20.2 Å². The number of rotatable bonds is 6. The Morgan fingerprint density at radius 2 is 2.29 bits per heavy atom. The predicted molar refractivity (Wildman–Crippen MR) is 53.3 cm³/mol. The minimum absolute atomic E-state index is 0.0157. The normalized spacial score (nSPS) is 21.3. The molecule has 1 aliphatic rings. The first-order chi connectivity index (χ1) is 6.59. The van der Waals surface area contributed by atoms with E-state index in [4.69, 9.17) is 9.84 Å². The van der Waals surface area contributed by atoms with Gasteiger partial charge in [-0.25, -0.2) is 0 Å². The highest BCUT2D eigenvalue weighted by atomic mass is 16.5. The zero-order valence-corrected chi connectivity index (χ0v) is 8.88. The largest absolute Gasteiger partial charge is 0.481 e. The summed E-state index contributed by atoms with van der Waals surface area (Å²) in [5.74, 6) is -1.08. The standard InChI is InChI=1S/C10H19NO3/c1-8(9(12)13)6-11-7-10(14-2)4-3-5-10/h8,11H,3-7H2,1-2H3,(H,12,13). The van der Waals surface area contributed by atoms with Crippen molar-refractivity contribution < 1.29 is 14.6 Å². The van der Waals surface area contributed by atoms with Crippen LogP contribution in [0.5, 0.6) is 0 Å². The Balaban J connectivity index is 2.17. The summed E-state index contributed by atoms with van der Waals surface area (Å²) in [4.78, 5) is 10.5. The monoisotopic (exact) mass is 201 g/mol. The smallest absolute Gasteiger partial charge is 0.307 e. The molecular formula is C10H19NO3. The fourth-order valence-corrected chi connectivity index (χ4v) is 1.63. The molecule has 1 rings (SSSR count). The number of hydrogen-bond donors (Lipinski definition) is 2. The predicted octanol–water partition coefficient (Wildman–Crippen LogP) is 0.866. The molecule has 0 heterocycles. The molecule has 0 aromatic carbocycles. The van der Waals surface area contributed by atoms with Gasteiger partial charge in [-0.05, 0) is 19.3 Å². The summed E-state index contributed by atoms with van der Waals surface area (Å²) in [5.41, 5.74) is -0.0157. The van der Waals surface area contributed by atoms with E-state index in [0.29, 0.717) is 6.54 Å². The van der Waals surface area contributed by atoms with E-state index in [2.05, 4.69) is 5.32 Å². The van der Waals surface area contributed by atoms with Crippen LogP contribution in [0.4, 0.5) is 0 Å². The van der Waals surface area contributed by atoms with Gasteiger partial charge in [-0.3, -0.25) is 4.79 Å². The topological polar surface area (TPSA) is 58.6 Å². The van der Waals surface area contributed by atoms with E-state index >= 15 is 0 Å². The maximum absolute atomic E-state index is 10.5. The van der Waals surface area contributed by atoms with Gasteiger partial charge < -0.3 is 15.2 Å². The molecule has 0 amide bonds. The molecule has 14 heavy (non-hydrogen) atoms. The lowest BCUT2D eigenvalue weighted by Gasteiger charge is -2.40. The number of carboxylic acid groups (broad SMARTS) is 1. The molecule has 82 valence electrons. The Bertz CT molecular complexity index is 196. The number of aliphatic carboxylic acids is 1. The maximum atomic E-state index is 10.5. The van der Waals surface area contributed by atoms with Gasteiger partial charge >= 0.3 is 5.97 Å². The Morgan fingerprint density at radius 3 is 2.64 bits per heavy atom. The van der Waals surface area contributed by atoms with E-state index in [-0.39, 0.29) is 11.5 Å². The highest BCUT2D eigenvalue weighted by molar-refractivity contribution is 5.69. The summed E-state index contributed by atoms with van der Waals surface area (Å²) in [6, 6.07) is 0. The van der Waals surface area contributed by atoms with Crippen LogP contribution in [0.25, 0.3) is 0 Å². The van der Waals surface area contributed by atoms with Gasteiger partial charge in [0, 0.05) is 20.2 Å². The molecule has 1 aliphatic carbocycles. The van der Waals surface area contributed by atoms with Crippen LogP contribution in [0.2, 0.25) is 0 Å². The lowest BCUT2D eigenvalue weighted by atomic mass is 9.80. The number of nitrogens with one attached hydrogen (secondary N) is 1. The number of methoxy groups -OCH3 is 1. The van der Waals surface area contributed by atoms with Crippen molar-refractivity contribution >= 4 is 5.97 Å². The van der Waals surface area contributed by atoms with Crippen LogP contribution in [0, 0.1) is 5.92 Å². The number of carbonyl (C=O) groups is 1. The Kier molecular flexibility index (Phi) is 3.89. The van der Waals surface area contributed by atoms with Gasteiger partial charge in [0.1, 0.15) is 0 Å². The van der Waals surface area contributed by atoms with Crippen molar-refractivity contribution in [3.05, 3.63) is 0 Å². The molecule has 0 saturated heterocycles. The Labute approximate surface area is 84.6 Å². The SMILES string of the molecule is COC1(CNCC(C)C(=O)O)CCC1. The number of hydrogen-bond acceptors (Lipinski definition) is 3. The first-order valence-electron chi connectivity index (χ1n) is 5.08. The third-order valence-electron chi connectivity index (χ3n) is 3.02. The van der Waals surface area contributed by atoms with E-state index in [9.17, 15) is 4.79 Å². The second kappa shape index (κ2) is 4.75. The Morgan fingerprint density at radius 1 is 1.64 bits per heavy atom. The fourth-order valence-electron chi connectivity index (χ4n) is 1.63. The van der Waals surface area contributed by atoms with Gasteiger partial charge in [0.2, 0.25) is 0 Å². The summed E-state index contributed by atoms with van der Waals surface area (Å²) in [6.07, 6.45) is 3.37. The highest BCUT2D eigenvalue weighted by Crippen LogP contribution is 2.34. The average Bonchev–Trinajstić information content (AvgIpc) is 2.09. The van der Waals surface area contributed by atoms with E-state index in [1.54, 1.807) is 14.0 Å². The molecule has 1 atom stereocenters. The van der Waals surface area contributed by atoms with Crippen molar-refractivity contribution in [2.24, 2.45) is 5.92 Å². The van der Waals surface area contributed by atoms with E-state index in [0.717, 1.165) is 19.4 Å². The molecule has 4 nitrogen and oxygen atoms in total. The third kappa shape index (κ3) is 2.69. The summed E-state index contributed by atoms with van der Waals surface area (Å²) in [5, 5.41) is 11.8. The molecule has 0 spiro atoms. The summed E-state index contributed by atoms with van der Waals surface area (Å²) >= 11 is 0. The molecule has 0 radical (unpaired) electrons. The van der Waals surface area contributed by atoms with Gasteiger partial charge in [0.25, 0.3) is 0 Å². The summed E-state index contributed by atoms with van der Waals surface area (Å²) in [7, 11) is 1.72. The van der Waals surface area contributed by atoms with Gasteiger partial charge in [0.05, 0.1) is 11.5 Å². The van der Waals surface area contributed by atoms with Crippen LogP contribution in [0.3, 0.4) is 0 Å². The second-order valence-electron chi connectivity index (χ2n) is 4.11. The van der Waals surface area contributed by atoms with Crippen LogP contribution in [-0.2, 0) is 9.53 Å². The molecule has 0 bridgehead atoms. The molecule has 0 aromatic rings.